The predicted molar refractivity (Wildman–Crippen MR) is 71.8 cm³/mol. The maximum absolute atomic E-state index is 8.74. The fraction of sp³-hybridized carbons (Fsp3) is 0.500. The van der Waals surface area contributed by atoms with E-state index in [1.54, 1.807) is 0 Å². The molecule has 1 aromatic carbocycles. The third-order valence-corrected chi connectivity index (χ3v) is 3.19. The molecule has 1 atom stereocenters. The lowest BCUT2D eigenvalue weighted by molar-refractivity contribution is 0.398. The van der Waals surface area contributed by atoms with Crippen molar-refractivity contribution in [2.75, 3.05) is 25.0 Å². The van der Waals surface area contributed by atoms with Crippen molar-refractivity contribution in [2.24, 2.45) is 17.6 Å². The van der Waals surface area contributed by atoms with E-state index < -0.39 is 0 Å². The van der Waals surface area contributed by atoms with Crippen molar-refractivity contribution in [3.63, 3.8) is 0 Å². The van der Waals surface area contributed by atoms with Crippen molar-refractivity contribution in [1.29, 1.82) is 5.26 Å². The van der Waals surface area contributed by atoms with Crippen LogP contribution < -0.4 is 10.6 Å². The molecule has 1 aromatic rings. The van der Waals surface area contributed by atoms with Crippen LogP contribution in [-0.4, -0.2) is 20.1 Å². The topological polar surface area (TPSA) is 53.0 Å². The molecule has 0 saturated carbocycles. The minimum atomic E-state index is 0.496. The summed E-state index contributed by atoms with van der Waals surface area (Å²) in [7, 11) is 2.06. The first-order chi connectivity index (χ1) is 8.08. The molecule has 0 fully saturated rings. The molecule has 3 heteroatoms. The van der Waals surface area contributed by atoms with Gasteiger partial charge in [0, 0.05) is 19.3 Å². The number of hydrogen-bond acceptors (Lipinski definition) is 3. The third-order valence-electron chi connectivity index (χ3n) is 3.19. The largest absolute Gasteiger partial charge is 0.374 e. The van der Waals surface area contributed by atoms with E-state index in [9.17, 15) is 0 Å². The second kappa shape index (κ2) is 6.27. The molecular formula is C14H21N3. The number of anilines is 1. The van der Waals surface area contributed by atoms with Gasteiger partial charge in [-0.15, -0.1) is 0 Å². The lowest BCUT2D eigenvalue weighted by Gasteiger charge is -2.27. The fourth-order valence-corrected chi connectivity index (χ4v) is 1.81. The normalized spacial score (nSPS) is 12.2. The Bertz CT molecular complexity index is 375. The SMILES string of the molecule is CC(C)C(CN)CN(C)c1ccc(C#N)cc1. The van der Waals surface area contributed by atoms with E-state index >= 15 is 0 Å². The molecule has 2 N–H and O–H groups in total. The van der Waals surface area contributed by atoms with Gasteiger partial charge in [0.05, 0.1) is 11.6 Å². The number of nitriles is 1. The highest BCUT2D eigenvalue weighted by molar-refractivity contribution is 5.49. The van der Waals surface area contributed by atoms with Gasteiger partial charge in [-0.05, 0) is 42.6 Å². The molecule has 3 nitrogen and oxygen atoms in total. The summed E-state index contributed by atoms with van der Waals surface area (Å²) in [6, 6.07) is 9.77. The first-order valence-electron chi connectivity index (χ1n) is 5.99. The van der Waals surface area contributed by atoms with Gasteiger partial charge < -0.3 is 10.6 Å². The summed E-state index contributed by atoms with van der Waals surface area (Å²) in [4.78, 5) is 2.19. The Balaban J connectivity index is 2.69. The van der Waals surface area contributed by atoms with Crippen LogP contribution in [0.1, 0.15) is 19.4 Å². The van der Waals surface area contributed by atoms with Gasteiger partial charge in [0.2, 0.25) is 0 Å². The number of nitrogens with two attached hydrogens (primary N) is 1. The zero-order valence-electron chi connectivity index (χ0n) is 10.9. The molecule has 0 radical (unpaired) electrons. The molecule has 0 amide bonds. The third kappa shape index (κ3) is 3.76. The number of nitrogens with zero attached hydrogens (tertiary/aromatic N) is 2. The highest BCUT2D eigenvalue weighted by Crippen LogP contribution is 2.17. The first-order valence-corrected chi connectivity index (χ1v) is 5.99. The van der Waals surface area contributed by atoms with Crippen LogP contribution in [0.3, 0.4) is 0 Å². The van der Waals surface area contributed by atoms with E-state index in [4.69, 9.17) is 11.0 Å². The molecule has 0 spiro atoms. The van der Waals surface area contributed by atoms with Gasteiger partial charge in [-0.1, -0.05) is 13.8 Å². The molecule has 92 valence electrons. The molecule has 17 heavy (non-hydrogen) atoms. The van der Waals surface area contributed by atoms with Gasteiger partial charge in [-0.2, -0.15) is 5.26 Å². The molecule has 0 saturated heterocycles. The predicted octanol–water partition coefficient (Wildman–Crippen LogP) is 2.23. The van der Waals surface area contributed by atoms with E-state index in [-0.39, 0.29) is 0 Å². The average Bonchev–Trinajstić information content (AvgIpc) is 2.35. The van der Waals surface area contributed by atoms with Crippen LogP contribution in [0.25, 0.3) is 0 Å². The van der Waals surface area contributed by atoms with Crippen molar-refractivity contribution in [3.8, 4) is 6.07 Å². The van der Waals surface area contributed by atoms with Crippen molar-refractivity contribution in [2.45, 2.75) is 13.8 Å². The summed E-state index contributed by atoms with van der Waals surface area (Å²) in [6.07, 6.45) is 0. The van der Waals surface area contributed by atoms with E-state index in [1.807, 2.05) is 24.3 Å². The van der Waals surface area contributed by atoms with E-state index in [0.717, 1.165) is 12.2 Å². The second-order valence-electron chi connectivity index (χ2n) is 4.78. The minimum absolute atomic E-state index is 0.496. The summed E-state index contributed by atoms with van der Waals surface area (Å²) >= 11 is 0. The molecule has 0 aliphatic carbocycles. The lowest BCUT2D eigenvalue weighted by atomic mass is 9.95. The zero-order chi connectivity index (χ0) is 12.8. The van der Waals surface area contributed by atoms with E-state index in [2.05, 4.69) is 31.9 Å². The molecule has 1 rings (SSSR count). The summed E-state index contributed by atoms with van der Waals surface area (Å²) in [5.41, 5.74) is 7.60. The number of benzene rings is 1. The van der Waals surface area contributed by atoms with Crippen LogP contribution >= 0.6 is 0 Å². The summed E-state index contributed by atoms with van der Waals surface area (Å²) < 4.78 is 0. The highest BCUT2D eigenvalue weighted by Gasteiger charge is 2.14. The van der Waals surface area contributed by atoms with Crippen LogP contribution in [-0.2, 0) is 0 Å². The van der Waals surface area contributed by atoms with Gasteiger partial charge >= 0.3 is 0 Å². The van der Waals surface area contributed by atoms with E-state index in [1.165, 1.54) is 0 Å². The monoisotopic (exact) mass is 231 g/mol. The Morgan fingerprint density at radius 1 is 1.29 bits per heavy atom. The average molecular weight is 231 g/mol. The van der Waals surface area contributed by atoms with Gasteiger partial charge in [-0.3, -0.25) is 0 Å². The maximum Gasteiger partial charge on any atom is 0.0991 e. The van der Waals surface area contributed by atoms with Crippen molar-refractivity contribution in [3.05, 3.63) is 29.8 Å². The second-order valence-corrected chi connectivity index (χ2v) is 4.78. The standard InChI is InChI=1S/C14H21N3/c1-11(2)13(9-16)10-17(3)14-6-4-12(8-15)5-7-14/h4-7,11,13H,9-10,16H2,1-3H3. The van der Waals surface area contributed by atoms with Gasteiger partial charge in [0.1, 0.15) is 0 Å². The van der Waals surface area contributed by atoms with Crippen LogP contribution in [0.15, 0.2) is 24.3 Å². The lowest BCUT2D eigenvalue weighted by Crippen LogP contribution is -2.33. The number of hydrogen-bond donors (Lipinski definition) is 1. The number of rotatable bonds is 5. The molecule has 0 heterocycles. The summed E-state index contributed by atoms with van der Waals surface area (Å²) in [5, 5.41) is 8.74. The van der Waals surface area contributed by atoms with Gasteiger partial charge in [0.15, 0.2) is 0 Å². The van der Waals surface area contributed by atoms with Crippen LogP contribution in [0.5, 0.6) is 0 Å². The summed E-state index contributed by atoms with van der Waals surface area (Å²) in [6.45, 7) is 6.05. The smallest absolute Gasteiger partial charge is 0.0991 e. The van der Waals surface area contributed by atoms with Crippen LogP contribution in [0, 0.1) is 23.2 Å². The molecule has 1 unspecified atom stereocenters. The van der Waals surface area contributed by atoms with Crippen molar-refractivity contribution >= 4 is 5.69 Å². The Labute approximate surface area is 104 Å². The van der Waals surface area contributed by atoms with Crippen molar-refractivity contribution < 1.29 is 0 Å². The molecule has 0 aliphatic heterocycles. The Hall–Kier alpha value is -1.53. The summed E-state index contributed by atoms with van der Waals surface area (Å²) in [5.74, 6) is 1.08. The van der Waals surface area contributed by atoms with Gasteiger partial charge in [-0.25, -0.2) is 0 Å². The zero-order valence-corrected chi connectivity index (χ0v) is 10.9. The molecule has 0 aromatic heterocycles. The van der Waals surface area contributed by atoms with Crippen LogP contribution in [0.4, 0.5) is 5.69 Å². The minimum Gasteiger partial charge on any atom is -0.374 e. The quantitative estimate of drug-likeness (QED) is 0.845. The van der Waals surface area contributed by atoms with Crippen LogP contribution in [0.2, 0.25) is 0 Å². The molecule has 0 bridgehead atoms. The Kier molecular flexibility index (Phi) is 4.99. The Morgan fingerprint density at radius 3 is 2.29 bits per heavy atom. The fourth-order valence-electron chi connectivity index (χ4n) is 1.81. The molecule has 0 aliphatic rings. The maximum atomic E-state index is 8.74. The Morgan fingerprint density at radius 2 is 1.88 bits per heavy atom. The molecular weight excluding hydrogens is 210 g/mol. The first kappa shape index (κ1) is 13.5. The van der Waals surface area contributed by atoms with Gasteiger partial charge in [0.25, 0.3) is 0 Å². The highest BCUT2D eigenvalue weighted by atomic mass is 15.1. The van der Waals surface area contributed by atoms with Crippen molar-refractivity contribution in [1.82, 2.24) is 0 Å². The van der Waals surface area contributed by atoms with E-state index in [0.29, 0.717) is 23.9 Å².